The van der Waals surface area contributed by atoms with Gasteiger partial charge in [-0.25, -0.2) is 4.79 Å². The van der Waals surface area contributed by atoms with E-state index in [1.54, 1.807) is 60.7 Å². The minimum atomic E-state index is -1.79. The Labute approximate surface area is 502 Å². The van der Waals surface area contributed by atoms with Gasteiger partial charge >= 0.3 is 23.9 Å². The van der Waals surface area contributed by atoms with Crippen molar-refractivity contribution >= 4 is 83.0 Å². The summed E-state index contributed by atoms with van der Waals surface area (Å²) in [5.41, 5.74) is 23.7. The summed E-state index contributed by atoms with van der Waals surface area (Å²) in [5, 5.41) is 60.5. The fraction of sp³-hybridized carbons (Fsp3) is 0.536. The number of hydrogen-bond acceptors (Lipinski definition) is 16. The molecule has 0 saturated carbocycles. The van der Waals surface area contributed by atoms with Crippen LogP contribution < -0.4 is 70.8 Å². The van der Waals surface area contributed by atoms with Crippen LogP contribution in [0.3, 0.4) is 0 Å². The SMILES string of the molecule is CC(C)[C@H](NC(=O)[C@H](CCCCN)NC(=O)[C@H](CCC(=O)O)NC(=O)[C@H](C)NC(=O)[C@H](C)NC(=O)[C@@H](N)Cc1ccccc1)C(=O)N[C@@H](CCC(=O)O)C(=O)N[C@@H](CCC(=O)O)C(=O)N[C@@H](Cc1ccccc1)C(=O)N[C@@H](CCCN=C(N)N)C(=O)O. The molecule has 480 valence electrons. The Bertz CT molecular complexity index is 2700. The number of amides is 9. The number of guanidine groups is 1. The number of hydrogen-bond donors (Lipinski definition) is 17. The summed E-state index contributed by atoms with van der Waals surface area (Å²) in [6.07, 6.45) is -3.53. The van der Waals surface area contributed by atoms with E-state index in [9.17, 15) is 82.8 Å². The standard InChI is InChI=1S/C56H84N14O17/c1-30(2)45(70-52(83)36(18-11-12-26-57)65-49(80)37(20-23-42(71)72)64-47(78)32(4)62-46(77)31(3)63-48(79)35(58)28-33-14-7-5-8-15-33)54(85)67-39(22-25-44(75)76)50(81)66-38(21-24-43(73)74)51(82)69-41(29-34-16-9-6-10-17-34)53(84)68-40(55(86)87)19-13-27-61-56(59)60/h5-10,14-17,30-32,35-41,45H,11-13,18-29,57-58H2,1-4H3,(H,62,77)(H,63,79)(H,64,78)(H,65,80)(H,66,81)(H,67,85)(H,68,84)(H,69,82)(H,70,83)(H,71,72)(H,73,74)(H,75,76)(H,86,87)(H4,59,60,61)/t31-,32-,35-,36-,37-,38-,39-,40-,41-,45-/m0/s1. The lowest BCUT2D eigenvalue weighted by atomic mass is 10.00. The van der Waals surface area contributed by atoms with Gasteiger partial charge in [-0.3, -0.25) is 62.5 Å². The van der Waals surface area contributed by atoms with Crippen LogP contribution in [0.15, 0.2) is 65.7 Å². The first-order chi connectivity index (χ1) is 41.0. The molecule has 0 aromatic heterocycles. The van der Waals surface area contributed by atoms with Gasteiger partial charge < -0.3 is 91.2 Å². The molecule has 10 atom stereocenters. The predicted octanol–water partition coefficient (Wildman–Crippen LogP) is -3.28. The van der Waals surface area contributed by atoms with Crippen LogP contribution in [0, 0.1) is 5.92 Å². The summed E-state index contributed by atoms with van der Waals surface area (Å²) in [5.74, 6) is -15.5. The zero-order valence-corrected chi connectivity index (χ0v) is 49.1. The van der Waals surface area contributed by atoms with Crippen molar-refractivity contribution in [1.29, 1.82) is 0 Å². The highest BCUT2D eigenvalue weighted by Gasteiger charge is 2.36. The van der Waals surface area contributed by atoms with E-state index < -0.39 is 182 Å². The minimum Gasteiger partial charge on any atom is -0.481 e. The van der Waals surface area contributed by atoms with Crippen LogP contribution in [-0.2, 0) is 75.2 Å². The summed E-state index contributed by atoms with van der Waals surface area (Å²) in [6, 6.07) is 2.22. The van der Waals surface area contributed by atoms with Crippen molar-refractivity contribution in [2.45, 2.75) is 172 Å². The summed E-state index contributed by atoms with van der Waals surface area (Å²) < 4.78 is 0. The predicted molar refractivity (Wildman–Crippen MR) is 313 cm³/mol. The molecule has 9 amide bonds. The second-order valence-electron chi connectivity index (χ2n) is 20.9. The largest absolute Gasteiger partial charge is 0.481 e. The van der Waals surface area contributed by atoms with Gasteiger partial charge in [0, 0.05) is 32.2 Å². The Morgan fingerprint density at radius 3 is 1.23 bits per heavy atom. The number of unbranched alkanes of at least 4 members (excludes halogenated alkanes) is 1. The molecule has 2 aromatic rings. The van der Waals surface area contributed by atoms with Gasteiger partial charge in [-0.1, -0.05) is 74.5 Å². The Morgan fingerprint density at radius 1 is 0.425 bits per heavy atom. The van der Waals surface area contributed by atoms with Crippen molar-refractivity contribution in [2.24, 2.45) is 33.8 Å². The fourth-order valence-electron chi connectivity index (χ4n) is 8.38. The number of carbonyl (C=O) groups is 13. The number of aliphatic carboxylic acids is 4. The summed E-state index contributed by atoms with van der Waals surface area (Å²) in [6.45, 7) is 5.78. The molecule has 2 rings (SSSR count). The summed E-state index contributed by atoms with van der Waals surface area (Å²) in [4.78, 5) is 175. The van der Waals surface area contributed by atoms with Crippen LogP contribution in [0.2, 0.25) is 0 Å². The molecule has 87 heavy (non-hydrogen) atoms. The summed E-state index contributed by atoms with van der Waals surface area (Å²) in [7, 11) is 0. The number of nitrogens with two attached hydrogens (primary N) is 4. The zero-order valence-electron chi connectivity index (χ0n) is 49.1. The van der Waals surface area contributed by atoms with E-state index in [-0.39, 0.29) is 57.6 Å². The quantitative estimate of drug-likeness (QED) is 0.0176. The van der Waals surface area contributed by atoms with Crippen LogP contribution in [0.5, 0.6) is 0 Å². The molecule has 0 radical (unpaired) electrons. The molecular formula is C56H84N14O17. The average molecular weight is 1230 g/mol. The maximum atomic E-state index is 14.2. The number of nitrogens with zero attached hydrogens (tertiary/aromatic N) is 1. The van der Waals surface area contributed by atoms with E-state index >= 15 is 0 Å². The van der Waals surface area contributed by atoms with Gasteiger partial charge in [0.2, 0.25) is 53.2 Å². The number of nitrogens with one attached hydrogen (secondary N) is 9. The van der Waals surface area contributed by atoms with Crippen LogP contribution >= 0.6 is 0 Å². The second-order valence-corrected chi connectivity index (χ2v) is 20.9. The molecule has 0 aliphatic carbocycles. The maximum Gasteiger partial charge on any atom is 0.326 e. The number of aliphatic imine (C=N–C) groups is 1. The van der Waals surface area contributed by atoms with Gasteiger partial charge in [-0.05, 0) is 95.2 Å². The average Bonchev–Trinajstić information content (AvgIpc) is 3.31. The highest BCUT2D eigenvalue weighted by molar-refractivity contribution is 5.99. The van der Waals surface area contributed by atoms with Crippen LogP contribution in [0.25, 0.3) is 0 Å². The number of carboxylic acid groups (broad SMARTS) is 4. The Kier molecular flexibility index (Phi) is 32.8. The van der Waals surface area contributed by atoms with Crippen molar-refractivity contribution in [3.63, 3.8) is 0 Å². The highest BCUT2D eigenvalue weighted by atomic mass is 16.4. The topological polar surface area (TPSA) is 528 Å². The van der Waals surface area contributed by atoms with E-state index in [1.165, 1.54) is 27.7 Å². The lowest BCUT2D eigenvalue weighted by molar-refractivity contribution is -0.142. The van der Waals surface area contributed by atoms with Gasteiger partial charge in [0.15, 0.2) is 5.96 Å². The smallest absolute Gasteiger partial charge is 0.326 e. The molecular weight excluding hydrogens is 1140 g/mol. The van der Waals surface area contributed by atoms with Gasteiger partial charge in [0.1, 0.15) is 54.4 Å². The molecule has 2 aromatic carbocycles. The molecule has 0 fully saturated rings. The molecule has 0 saturated heterocycles. The van der Waals surface area contributed by atoms with Crippen LogP contribution in [-0.4, -0.2) is 177 Å². The monoisotopic (exact) mass is 1220 g/mol. The minimum absolute atomic E-state index is 0.0301. The Hall–Kier alpha value is -9.26. The second kappa shape index (κ2) is 38.6. The van der Waals surface area contributed by atoms with Gasteiger partial charge in [0.05, 0.1) is 6.04 Å². The number of benzene rings is 2. The number of rotatable bonds is 41. The molecule has 0 bridgehead atoms. The molecule has 0 aliphatic heterocycles. The lowest BCUT2D eigenvalue weighted by Gasteiger charge is -2.29. The molecule has 0 aliphatic rings. The molecule has 0 heterocycles. The van der Waals surface area contributed by atoms with Crippen molar-refractivity contribution in [1.82, 2.24) is 47.9 Å². The Morgan fingerprint density at radius 2 is 0.793 bits per heavy atom. The van der Waals surface area contributed by atoms with Crippen molar-refractivity contribution in [3.8, 4) is 0 Å². The highest BCUT2D eigenvalue weighted by Crippen LogP contribution is 2.13. The third kappa shape index (κ3) is 28.9. The van der Waals surface area contributed by atoms with E-state index in [2.05, 4.69) is 52.8 Å². The van der Waals surface area contributed by atoms with Crippen LogP contribution in [0.1, 0.15) is 109 Å². The zero-order chi connectivity index (χ0) is 65.3. The van der Waals surface area contributed by atoms with Crippen molar-refractivity contribution in [3.05, 3.63) is 71.8 Å². The third-order valence-corrected chi connectivity index (χ3v) is 13.3. The number of carboxylic acids is 4. The first kappa shape index (κ1) is 73.8. The fourth-order valence-corrected chi connectivity index (χ4v) is 8.38. The molecule has 31 heteroatoms. The van der Waals surface area contributed by atoms with Crippen molar-refractivity contribution in [2.75, 3.05) is 13.1 Å². The normalized spacial score (nSPS) is 14.4. The first-order valence-electron chi connectivity index (χ1n) is 28.2. The van der Waals surface area contributed by atoms with Crippen LogP contribution in [0.4, 0.5) is 0 Å². The third-order valence-electron chi connectivity index (χ3n) is 13.3. The Balaban J connectivity index is 2.38. The molecule has 0 spiro atoms. The number of carbonyl (C=O) groups excluding carboxylic acids is 9. The van der Waals surface area contributed by atoms with Crippen molar-refractivity contribution < 1.29 is 82.8 Å². The van der Waals surface area contributed by atoms with E-state index in [1.807, 2.05) is 0 Å². The van der Waals surface area contributed by atoms with Gasteiger partial charge in [-0.15, -0.1) is 0 Å². The van der Waals surface area contributed by atoms with Gasteiger partial charge in [-0.2, -0.15) is 0 Å². The van der Waals surface area contributed by atoms with E-state index in [0.29, 0.717) is 12.0 Å². The van der Waals surface area contributed by atoms with Gasteiger partial charge in [0.25, 0.3) is 0 Å². The molecule has 21 N–H and O–H groups in total. The van der Waals surface area contributed by atoms with E-state index in [0.717, 1.165) is 5.56 Å². The maximum absolute atomic E-state index is 14.2. The molecule has 31 nitrogen and oxygen atoms in total. The molecule has 0 unspecified atom stereocenters. The lowest BCUT2D eigenvalue weighted by Crippen LogP contribution is -2.61. The van der Waals surface area contributed by atoms with E-state index in [4.69, 9.17) is 22.9 Å². The first-order valence-corrected chi connectivity index (χ1v) is 28.2. The summed E-state index contributed by atoms with van der Waals surface area (Å²) >= 11 is 0.